The van der Waals surface area contributed by atoms with E-state index in [1.807, 2.05) is 55.5 Å². The van der Waals surface area contributed by atoms with Crippen LogP contribution in [-0.2, 0) is 10.8 Å². The second-order valence-corrected chi connectivity index (χ2v) is 6.38. The zero-order valence-corrected chi connectivity index (χ0v) is 12.9. The number of aryl methyl sites for hydroxylation is 1. The molecule has 2 nitrogen and oxygen atoms in total. The van der Waals surface area contributed by atoms with Gasteiger partial charge in [0.25, 0.3) is 0 Å². The molecular formula is C16H15ClO2S. The smallest absolute Gasteiger partial charge is 0.118 e. The molecule has 1 atom stereocenters. The van der Waals surface area contributed by atoms with Gasteiger partial charge in [0.15, 0.2) is 0 Å². The Balaban J connectivity index is 2.20. The van der Waals surface area contributed by atoms with Crippen molar-refractivity contribution in [2.24, 2.45) is 0 Å². The summed E-state index contributed by atoms with van der Waals surface area (Å²) in [6.45, 7) is 1.99. The first-order chi connectivity index (χ1) is 9.60. The third kappa shape index (κ3) is 3.71. The minimum atomic E-state index is -1.35. The summed E-state index contributed by atoms with van der Waals surface area (Å²) in [7, 11) is 0.267. The zero-order valence-electron chi connectivity index (χ0n) is 11.3. The van der Waals surface area contributed by atoms with Crippen LogP contribution in [0, 0.1) is 6.92 Å². The van der Waals surface area contributed by atoms with Crippen LogP contribution in [0.25, 0.3) is 6.08 Å². The van der Waals surface area contributed by atoms with Crippen LogP contribution in [0.4, 0.5) is 0 Å². The van der Waals surface area contributed by atoms with Crippen LogP contribution in [0.3, 0.4) is 0 Å². The van der Waals surface area contributed by atoms with E-state index in [2.05, 4.69) is 0 Å². The number of benzene rings is 2. The molecule has 0 N–H and O–H groups in total. The molecule has 0 aliphatic carbocycles. The summed E-state index contributed by atoms with van der Waals surface area (Å²) in [5.41, 5.74) is 2.01. The molecule has 0 aliphatic heterocycles. The lowest BCUT2D eigenvalue weighted by atomic mass is 10.2. The van der Waals surface area contributed by atoms with Gasteiger partial charge in [0.1, 0.15) is 10.1 Å². The molecule has 0 amide bonds. The Labute approximate surface area is 126 Å². The summed E-state index contributed by atoms with van der Waals surface area (Å²) in [6.07, 6.45) is 1.71. The Hall–Kier alpha value is -1.58. The lowest BCUT2D eigenvalue weighted by Gasteiger charge is -2.03. The number of hydrogen-bond acceptors (Lipinski definition) is 2. The minimum absolute atomic E-state index is 0.305. The molecule has 0 saturated carbocycles. The molecule has 4 heteroatoms. The van der Waals surface area contributed by atoms with E-state index in [9.17, 15) is 4.21 Å². The van der Waals surface area contributed by atoms with Crippen molar-refractivity contribution in [2.75, 3.05) is 7.11 Å². The molecular weight excluding hydrogens is 292 g/mol. The monoisotopic (exact) mass is 306 g/mol. The fourth-order valence-corrected chi connectivity index (χ4v) is 2.90. The Morgan fingerprint density at radius 3 is 2.25 bits per heavy atom. The standard InChI is InChI=1S/C16H15ClO2S/c1-12-3-9-15(10-4-12)20(18)16(17)11-13-5-7-14(19-2)8-6-13/h3-11H,1-2H3/b16-11+. The van der Waals surface area contributed by atoms with Gasteiger partial charge in [-0.1, -0.05) is 41.4 Å². The van der Waals surface area contributed by atoms with E-state index in [1.165, 1.54) is 0 Å². The highest BCUT2D eigenvalue weighted by Crippen LogP contribution is 2.22. The highest BCUT2D eigenvalue weighted by Gasteiger charge is 2.08. The first kappa shape index (κ1) is 14.8. The number of rotatable bonds is 4. The largest absolute Gasteiger partial charge is 0.497 e. The highest BCUT2D eigenvalue weighted by molar-refractivity contribution is 7.91. The van der Waals surface area contributed by atoms with E-state index in [4.69, 9.17) is 16.3 Å². The lowest BCUT2D eigenvalue weighted by molar-refractivity contribution is 0.415. The Morgan fingerprint density at radius 2 is 1.70 bits per heavy atom. The van der Waals surface area contributed by atoms with Gasteiger partial charge in [0.2, 0.25) is 0 Å². The first-order valence-corrected chi connectivity index (χ1v) is 7.62. The van der Waals surface area contributed by atoms with E-state index in [0.29, 0.717) is 9.26 Å². The number of halogens is 1. The quantitative estimate of drug-likeness (QED) is 0.839. The van der Waals surface area contributed by atoms with Crippen LogP contribution in [0.1, 0.15) is 11.1 Å². The van der Waals surface area contributed by atoms with Crippen LogP contribution in [-0.4, -0.2) is 11.3 Å². The molecule has 0 aromatic heterocycles. The highest BCUT2D eigenvalue weighted by atomic mass is 35.5. The normalized spacial score (nSPS) is 13.1. The van der Waals surface area contributed by atoms with Gasteiger partial charge in [-0.2, -0.15) is 0 Å². The number of hydrogen-bond donors (Lipinski definition) is 0. The fraction of sp³-hybridized carbons (Fsp3) is 0.125. The average Bonchev–Trinajstić information content (AvgIpc) is 2.48. The maximum atomic E-state index is 12.3. The first-order valence-electron chi connectivity index (χ1n) is 6.10. The Morgan fingerprint density at radius 1 is 1.10 bits per heavy atom. The summed E-state index contributed by atoms with van der Waals surface area (Å²) >= 11 is 6.14. The molecule has 0 spiro atoms. The van der Waals surface area contributed by atoms with Crippen LogP contribution >= 0.6 is 11.6 Å². The second-order valence-electron chi connectivity index (χ2n) is 4.30. The molecule has 0 aliphatic rings. The van der Waals surface area contributed by atoms with Crippen LogP contribution in [0.15, 0.2) is 57.8 Å². The van der Waals surface area contributed by atoms with E-state index >= 15 is 0 Å². The molecule has 0 fully saturated rings. The van der Waals surface area contributed by atoms with Crippen molar-refractivity contribution in [3.63, 3.8) is 0 Å². The fourth-order valence-electron chi connectivity index (χ4n) is 1.66. The van der Waals surface area contributed by atoms with E-state index in [1.54, 1.807) is 13.2 Å². The summed E-state index contributed by atoms with van der Waals surface area (Å²) in [4.78, 5) is 0.699. The number of ether oxygens (including phenoxy) is 1. The van der Waals surface area contributed by atoms with E-state index in [0.717, 1.165) is 16.9 Å². The summed E-state index contributed by atoms with van der Waals surface area (Å²) in [6, 6.07) is 14.9. The Bertz CT molecular complexity index is 631. The number of methoxy groups -OCH3 is 1. The van der Waals surface area contributed by atoms with Crippen molar-refractivity contribution >= 4 is 28.5 Å². The van der Waals surface area contributed by atoms with E-state index < -0.39 is 10.8 Å². The van der Waals surface area contributed by atoms with Crippen molar-refractivity contribution in [1.29, 1.82) is 0 Å². The van der Waals surface area contributed by atoms with Crippen molar-refractivity contribution in [2.45, 2.75) is 11.8 Å². The third-order valence-electron chi connectivity index (χ3n) is 2.81. The van der Waals surface area contributed by atoms with Gasteiger partial charge in [-0.3, -0.25) is 0 Å². The molecule has 0 radical (unpaired) electrons. The van der Waals surface area contributed by atoms with Gasteiger partial charge in [-0.25, -0.2) is 4.21 Å². The van der Waals surface area contributed by atoms with Gasteiger partial charge >= 0.3 is 0 Å². The third-order valence-corrected chi connectivity index (χ3v) is 4.51. The van der Waals surface area contributed by atoms with Crippen molar-refractivity contribution < 1.29 is 8.95 Å². The molecule has 2 aromatic rings. The molecule has 0 heterocycles. The predicted molar refractivity (Wildman–Crippen MR) is 84.4 cm³/mol. The topological polar surface area (TPSA) is 26.3 Å². The lowest BCUT2D eigenvalue weighted by Crippen LogP contribution is -1.91. The molecule has 1 unspecified atom stereocenters. The summed E-state index contributed by atoms with van der Waals surface area (Å²) in [5, 5.41) is 0. The van der Waals surface area contributed by atoms with Crippen molar-refractivity contribution in [3.8, 4) is 5.75 Å². The molecule has 20 heavy (non-hydrogen) atoms. The second kappa shape index (κ2) is 6.73. The molecule has 2 aromatic carbocycles. The van der Waals surface area contributed by atoms with Gasteiger partial charge in [0, 0.05) is 4.90 Å². The average molecular weight is 307 g/mol. The predicted octanol–water partition coefficient (Wildman–Crippen LogP) is 4.35. The van der Waals surface area contributed by atoms with Crippen molar-refractivity contribution in [3.05, 3.63) is 64.0 Å². The van der Waals surface area contributed by atoms with Crippen LogP contribution < -0.4 is 4.74 Å². The summed E-state index contributed by atoms with van der Waals surface area (Å²) in [5.74, 6) is 0.776. The molecule has 0 saturated heterocycles. The van der Waals surface area contributed by atoms with Gasteiger partial charge in [0.05, 0.1) is 17.9 Å². The van der Waals surface area contributed by atoms with Crippen LogP contribution in [0.2, 0.25) is 0 Å². The van der Waals surface area contributed by atoms with Gasteiger partial charge in [-0.15, -0.1) is 0 Å². The maximum absolute atomic E-state index is 12.3. The minimum Gasteiger partial charge on any atom is -0.497 e. The van der Waals surface area contributed by atoms with Gasteiger partial charge < -0.3 is 4.74 Å². The zero-order chi connectivity index (χ0) is 14.5. The molecule has 2 rings (SSSR count). The van der Waals surface area contributed by atoms with Gasteiger partial charge in [-0.05, 0) is 42.8 Å². The maximum Gasteiger partial charge on any atom is 0.118 e. The summed E-state index contributed by atoms with van der Waals surface area (Å²) < 4.78 is 17.7. The SMILES string of the molecule is COc1ccc(/C=C(\Cl)S(=O)c2ccc(C)cc2)cc1. The molecule has 0 bridgehead atoms. The van der Waals surface area contributed by atoms with E-state index in [-0.39, 0.29) is 0 Å². The van der Waals surface area contributed by atoms with Crippen molar-refractivity contribution in [1.82, 2.24) is 0 Å². The Kier molecular flexibility index (Phi) is 4.99. The van der Waals surface area contributed by atoms with Crippen LogP contribution in [0.5, 0.6) is 5.75 Å². The molecule has 104 valence electrons.